The van der Waals surface area contributed by atoms with Crippen LogP contribution in [-0.4, -0.2) is 11.6 Å². The molecule has 1 aromatic carbocycles. The highest BCUT2D eigenvalue weighted by Crippen LogP contribution is 2.25. The SMILES string of the molecule is CCCOc1cc(NCc2ccccn2)ccc1N. The minimum atomic E-state index is 0.664. The Morgan fingerprint density at radius 3 is 2.89 bits per heavy atom. The van der Waals surface area contributed by atoms with Gasteiger partial charge in [0.2, 0.25) is 0 Å². The van der Waals surface area contributed by atoms with Crippen molar-refractivity contribution in [2.75, 3.05) is 17.7 Å². The summed E-state index contributed by atoms with van der Waals surface area (Å²) in [5.74, 6) is 0.730. The molecule has 0 spiro atoms. The van der Waals surface area contributed by atoms with Gasteiger partial charge in [-0.2, -0.15) is 0 Å². The predicted octanol–water partition coefficient (Wildman–Crippen LogP) is 3.06. The van der Waals surface area contributed by atoms with Crippen LogP contribution in [-0.2, 0) is 6.54 Å². The van der Waals surface area contributed by atoms with E-state index in [0.717, 1.165) is 23.6 Å². The van der Waals surface area contributed by atoms with Crippen LogP contribution in [0.15, 0.2) is 42.6 Å². The molecule has 0 aliphatic heterocycles. The zero-order valence-electron chi connectivity index (χ0n) is 11.1. The lowest BCUT2D eigenvalue weighted by molar-refractivity contribution is 0.319. The second kappa shape index (κ2) is 6.64. The third kappa shape index (κ3) is 3.88. The molecule has 0 aliphatic rings. The van der Waals surface area contributed by atoms with E-state index in [1.54, 1.807) is 6.20 Å². The van der Waals surface area contributed by atoms with Crippen LogP contribution in [0.3, 0.4) is 0 Å². The minimum absolute atomic E-state index is 0.664. The van der Waals surface area contributed by atoms with Crippen molar-refractivity contribution in [1.29, 1.82) is 0 Å². The number of anilines is 2. The summed E-state index contributed by atoms with van der Waals surface area (Å²) < 4.78 is 5.60. The highest BCUT2D eigenvalue weighted by molar-refractivity contribution is 5.61. The summed E-state index contributed by atoms with van der Waals surface area (Å²) in [7, 11) is 0. The molecule has 0 aliphatic carbocycles. The van der Waals surface area contributed by atoms with E-state index >= 15 is 0 Å². The Balaban J connectivity index is 2.00. The lowest BCUT2D eigenvalue weighted by Gasteiger charge is -2.11. The Bertz CT molecular complexity index is 514. The first kappa shape index (κ1) is 13.2. The predicted molar refractivity (Wildman–Crippen MR) is 78.2 cm³/mol. The van der Waals surface area contributed by atoms with Gasteiger partial charge in [0.15, 0.2) is 0 Å². The maximum absolute atomic E-state index is 5.87. The molecule has 1 aromatic heterocycles. The van der Waals surface area contributed by atoms with E-state index in [1.165, 1.54) is 0 Å². The van der Waals surface area contributed by atoms with Gasteiger partial charge in [0.05, 0.1) is 24.5 Å². The minimum Gasteiger partial charge on any atom is -0.491 e. The average Bonchev–Trinajstić information content (AvgIpc) is 2.46. The Morgan fingerprint density at radius 1 is 1.26 bits per heavy atom. The second-order valence-electron chi connectivity index (χ2n) is 4.28. The number of benzene rings is 1. The lowest BCUT2D eigenvalue weighted by atomic mass is 10.2. The van der Waals surface area contributed by atoms with Crippen LogP contribution in [0.2, 0.25) is 0 Å². The number of nitrogen functional groups attached to an aromatic ring is 1. The van der Waals surface area contributed by atoms with Crippen molar-refractivity contribution in [3.8, 4) is 5.75 Å². The summed E-state index contributed by atoms with van der Waals surface area (Å²) in [5.41, 5.74) is 8.51. The number of nitrogens with one attached hydrogen (secondary N) is 1. The van der Waals surface area contributed by atoms with Crippen molar-refractivity contribution < 1.29 is 4.74 Å². The fourth-order valence-corrected chi connectivity index (χ4v) is 1.68. The zero-order valence-corrected chi connectivity index (χ0v) is 11.1. The maximum Gasteiger partial charge on any atom is 0.144 e. The molecule has 19 heavy (non-hydrogen) atoms. The largest absolute Gasteiger partial charge is 0.491 e. The molecule has 0 fully saturated rings. The van der Waals surface area contributed by atoms with Crippen LogP contribution in [0.1, 0.15) is 19.0 Å². The molecular formula is C15H19N3O. The molecule has 0 saturated carbocycles. The van der Waals surface area contributed by atoms with E-state index in [-0.39, 0.29) is 0 Å². The van der Waals surface area contributed by atoms with Gasteiger partial charge in [-0.25, -0.2) is 0 Å². The number of nitrogens with two attached hydrogens (primary N) is 1. The average molecular weight is 257 g/mol. The van der Waals surface area contributed by atoms with Gasteiger partial charge in [0, 0.05) is 18.0 Å². The van der Waals surface area contributed by atoms with Gasteiger partial charge >= 0.3 is 0 Å². The molecule has 0 bridgehead atoms. The Kier molecular flexibility index (Phi) is 4.61. The van der Waals surface area contributed by atoms with Crippen LogP contribution >= 0.6 is 0 Å². The van der Waals surface area contributed by atoms with E-state index in [0.29, 0.717) is 18.8 Å². The van der Waals surface area contributed by atoms with Crippen LogP contribution in [0, 0.1) is 0 Å². The first-order valence-electron chi connectivity index (χ1n) is 6.45. The molecule has 0 amide bonds. The van der Waals surface area contributed by atoms with E-state index in [9.17, 15) is 0 Å². The highest BCUT2D eigenvalue weighted by Gasteiger charge is 2.02. The van der Waals surface area contributed by atoms with Gasteiger partial charge in [-0.3, -0.25) is 4.98 Å². The van der Waals surface area contributed by atoms with Crippen molar-refractivity contribution in [2.45, 2.75) is 19.9 Å². The third-order valence-electron chi connectivity index (χ3n) is 2.68. The van der Waals surface area contributed by atoms with Crippen molar-refractivity contribution in [1.82, 2.24) is 4.98 Å². The second-order valence-corrected chi connectivity index (χ2v) is 4.28. The maximum atomic E-state index is 5.87. The Morgan fingerprint density at radius 2 is 2.16 bits per heavy atom. The molecule has 0 atom stereocenters. The van der Waals surface area contributed by atoms with Gasteiger partial charge in [-0.15, -0.1) is 0 Å². The lowest BCUT2D eigenvalue weighted by Crippen LogP contribution is -2.03. The summed E-state index contributed by atoms with van der Waals surface area (Å²) >= 11 is 0. The van der Waals surface area contributed by atoms with E-state index in [4.69, 9.17) is 10.5 Å². The number of pyridine rings is 1. The quantitative estimate of drug-likeness (QED) is 0.781. The van der Waals surface area contributed by atoms with Gasteiger partial charge in [0.1, 0.15) is 5.75 Å². The summed E-state index contributed by atoms with van der Waals surface area (Å²) in [5, 5.41) is 3.31. The van der Waals surface area contributed by atoms with Crippen molar-refractivity contribution in [3.05, 3.63) is 48.3 Å². The summed E-state index contributed by atoms with van der Waals surface area (Å²) in [6, 6.07) is 11.6. The molecule has 4 nitrogen and oxygen atoms in total. The molecule has 0 saturated heterocycles. The molecular weight excluding hydrogens is 238 g/mol. The molecule has 0 radical (unpaired) electrons. The number of rotatable bonds is 6. The number of nitrogens with zero attached hydrogens (tertiary/aromatic N) is 1. The van der Waals surface area contributed by atoms with Crippen LogP contribution in [0.25, 0.3) is 0 Å². The molecule has 4 heteroatoms. The van der Waals surface area contributed by atoms with Crippen molar-refractivity contribution in [3.63, 3.8) is 0 Å². The smallest absolute Gasteiger partial charge is 0.144 e. The van der Waals surface area contributed by atoms with Gasteiger partial charge in [0.25, 0.3) is 0 Å². The van der Waals surface area contributed by atoms with Gasteiger partial charge in [-0.1, -0.05) is 13.0 Å². The third-order valence-corrected chi connectivity index (χ3v) is 2.68. The molecule has 100 valence electrons. The standard InChI is InChI=1S/C15H19N3O/c1-2-9-19-15-10-12(6-7-14(15)16)18-11-13-5-3-4-8-17-13/h3-8,10,18H,2,9,11,16H2,1H3. The van der Waals surface area contributed by atoms with E-state index < -0.39 is 0 Å². The zero-order chi connectivity index (χ0) is 13.5. The Labute approximate surface area is 113 Å². The first-order chi connectivity index (χ1) is 9.29. The first-order valence-corrected chi connectivity index (χ1v) is 6.45. The number of hydrogen-bond acceptors (Lipinski definition) is 4. The molecule has 2 rings (SSSR count). The van der Waals surface area contributed by atoms with Crippen LogP contribution < -0.4 is 15.8 Å². The molecule has 3 N–H and O–H groups in total. The normalized spacial score (nSPS) is 10.2. The monoisotopic (exact) mass is 257 g/mol. The molecule has 0 unspecified atom stereocenters. The molecule has 2 aromatic rings. The number of hydrogen-bond donors (Lipinski definition) is 2. The van der Waals surface area contributed by atoms with Crippen molar-refractivity contribution >= 4 is 11.4 Å². The van der Waals surface area contributed by atoms with Gasteiger partial charge in [-0.05, 0) is 30.7 Å². The fourth-order valence-electron chi connectivity index (χ4n) is 1.68. The van der Waals surface area contributed by atoms with Crippen LogP contribution in [0.5, 0.6) is 5.75 Å². The van der Waals surface area contributed by atoms with E-state index in [2.05, 4.69) is 17.2 Å². The molecule has 1 heterocycles. The van der Waals surface area contributed by atoms with Gasteiger partial charge < -0.3 is 15.8 Å². The van der Waals surface area contributed by atoms with Crippen LogP contribution in [0.4, 0.5) is 11.4 Å². The summed E-state index contributed by atoms with van der Waals surface area (Å²) in [6.45, 7) is 3.42. The summed E-state index contributed by atoms with van der Waals surface area (Å²) in [6.07, 6.45) is 2.75. The fraction of sp³-hybridized carbons (Fsp3) is 0.267. The highest BCUT2D eigenvalue weighted by atomic mass is 16.5. The summed E-state index contributed by atoms with van der Waals surface area (Å²) in [4.78, 5) is 4.26. The van der Waals surface area contributed by atoms with Crippen molar-refractivity contribution in [2.24, 2.45) is 0 Å². The number of aromatic nitrogens is 1. The van der Waals surface area contributed by atoms with E-state index in [1.807, 2.05) is 36.4 Å². The topological polar surface area (TPSA) is 60.2 Å². The Hall–Kier alpha value is -2.23. The number of ether oxygens (including phenoxy) is 1.